The van der Waals surface area contributed by atoms with Gasteiger partial charge in [-0.05, 0) is 25.5 Å². The topological polar surface area (TPSA) is 97.5 Å². The lowest BCUT2D eigenvalue weighted by molar-refractivity contribution is -0.136. The number of carboxylic acid groups (broad SMARTS) is 1. The van der Waals surface area contributed by atoms with Gasteiger partial charge in [-0.3, -0.25) is 4.79 Å². The van der Waals surface area contributed by atoms with Gasteiger partial charge in [0.05, 0.1) is 4.90 Å². The first-order chi connectivity index (χ1) is 7.78. The van der Waals surface area contributed by atoms with Gasteiger partial charge >= 0.3 is 5.97 Å². The van der Waals surface area contributed by atoms with E-state index in [2.05, 4.69) is 0 Å². The summed E-state index contributed by atoms with van der Waals surface area (Å²) in [4.78, 5) is 11.0. The summed E-state index contributed by atoms with van der Waals surface area (Å²) in [6.45, 7) is 2.99. The molecule has 0 aliphatic rings. The molecule has 1 aromatic rings. The van der Waals surface area contributed by atoms with Crippen molar-refractivity contribution in [2.45, 2.75) is 30.0 Å². The summed E-state index contributed by atoms with van der Waals surface area (Å²) in [5.41, 5.74) is 5.96. The zero-order valence-electron chi connectivity index (χ0n) is 9.62. The largest absolute Gasteiger partial charge is 0.480 e. The molecule has 0 amide bonds. The lowest BCUT2D eigenvalue weighted by Crippen LogP contribution is -2.44. The number of rotatable bonds is 4. The number of benzene rings is 1. The molecule has 0 aliphatic heterocycles. The molecule has 0 spiro atoms. The van der Waals surface area contributed by atoms with Gasteiger partial charge in [-0.15, -0.1) is 0 Å². The standard InChI is InChI=1S/C11H15NO4S/c1-7-5-3-4-6-9(7)17(15,16)10(8(2)12)11(13)14/h3-6,8,10H,12H2,1-2H3,(H,13,14). The molecule has 17 heavy (non-hydrogen) atoms. The summed E-state index contributed by atoms with van der Waals surface area (Å²) >= 11 is 0. The van der Waals surface area contributed by atoms with Crippen LogP contribution in [0, 0.1) is 6.92 Å². The Kier molecular flexibility index (Phi) is 3.90. The quantitative estimate of drug-likeness (QED) is 0.821. The second kappa shape index (κ2) is 4.85. The van der Waals surface area contributed by atoms with E-state index in [9.17, 15) is 13.2 Å². The zero-order chi connectivity index (χ0) is 13.2. The van der Waals surface area contributed by atoms with Crippen LogP contribution in [0.3, 0.4) is 0 Å². The highest BCUT2D eigenvalue weighted by Crippen LogP contribution is 2.21. The van der Waals surface area contributed by atoms with Crippen molar-refractivity contribution >= 4 is 15.8 Å². The van der Waals surface area contributed by atoms with Crippen molar-refractivity contribution in [2.75, 3.05) is 0 Å². The van der Waals surface area contributed by atoms with Crippen LogP contribution in [-0.2, 0) is 14.6 Å². The Balaban J connectivity index is 3.37. The molecule has 0 saturated carbocycles. The summed E-state index contributed by atoms with van der Waals surface area (Å²) in [6.07, 6.45) is 0. The second-order valence-corrected chi connectivity index (χ2v) is 5.97. The van der Waals surface area contributed by atoms with E-state index in [-0.39, 0.29) is 4.90 Å². The van der Waals surface area contributed by atoms with E-state index in [0.29, 0.717) is 5.56 Å². The predicted octanol–water partition coefficient (Wildman–Crippen LogP) is 0.569. The van der Waals surface area contributed by atoms with Gasteiger partial charge in [0.15, 0.2) is 15.1 Å². The van der Waals surface area contributed by atoms with Gasteiger partial charge in [-0.25, -0.2) is 8.42 Å². The van der Waals surface area contributed by atoms with E-state index in [0.717, 1.165) is 0 Å². The minimum absolute atomic E-state index is 0.0182. The number of aryl methyl sites for hydroxylation is 1. The van der Waals surface area contributed by atoms with Crippen LogP contribution in [0.25, 0.3) is 0 Å². The van der Waals surface area contributed by atoms with Crippen LogP contribution in [-0.4, -0.2) is 30.8 Å². The maximum Gasteiger partial charge on any atom is 0.323 e. The molecule has 0 bridgehead atoms. The Labute approximate surface area is 100 Å². The summed E-state index contributed by atoms with van der Waals surface area (Å²) < 4.78 is 24.4. The molecule has 6 heteroatoms. The van der Waals surface area contributed by atoms with Gasteiger partial charge in [0.25, 0.3) is 0 Å². The van der Waals surface area contributed by atoms with Crippen molar-refractivity contribution in [3.8, 4) is 0 Å². The summed E-state index contributed by atoms with van der Waals surface area (Å²) in [5.74, 6) is -1.43. The van der Waals surface area contributed by atoms with Gasteiger partial charge in [0.1, 0.15) is 0 Å². The Hall–Kier alpha value is -1.40. The highest BCUT2D eigenvalue weighted by Gasteiger charge is 2.37. The number of sulfone groups is 1. The van der Waals surface area contributed by atoms with Crippen molar-refractivity contribution in [2.24, 2.45) is 5.73 Å². The van der Waals surface area contributed by atoms with Crippen molar-refractivity contribution in [1.82, 2.24) is 0 Å². The minimum Gasteiger partial charge on any atom is -0.480 e. The molecule has 94 valence electrons. The lowest BCUT2D eigenvalue weighted by atomic mass is 10.2. The van der Waals surface area contributed by atoms with Crippen molar-refractivity contribution in [3.05, 3.63) is 29.8 Å². The smallest absolute Gasteiger partial charge is 0.323 e. The van der Waals surface area contributed by atoms with Crippen LogP contribution in [0.2, 0.25) is 0 Å². The number of carbonyl (C=O) groups is 1. The average Bonchev–Trinajstić information content (AvgIpc) is 2.15. The third-order valence-corrected chi connectivity index (χ3v) is 4.83. The lowest BCUT2D eigenvalue weighted by Gasteiger charge is -2.18. The van der Waals surface area contributed by atoms with Crippen LogP contribution in [0.4, 0.5) is 0 Å². The van der Waals surface area contributed by atoms with Gasteiger partial charge in [0.2, 0.25) is 0 Å². The second-order valence-electron chi connectivity index (χ2n) is 3.93. The SMILES string of the molecule is Cc1ccccc1S(=O)(=O)C(C(=O)O)C(C)N. The van der Waals surface area contributed by atoms with Crippen LogP contribution >= 0.6 is 0 Å². The molecular formula is C11H15NO4S. The van der Waals surface area contributed by atoms with Gasteiger partial charge in [-0.2, -0.15) is 0 Å². The van der Waals surface area contributed by atoms with E-state index in [1.165, 1.54) is 13.0 Å². The zero-order valence-corrected chi connectivity index (χ0v) is 10.4. The molecule has 3 N–H and O–H groups in total. The highest BCUT2D eigenvalue weighted by atomic mass is 32.2. The minimum atomic E-state index is -3.95. The van der Waals surface area contributed by atoms with E-state index in [1.807, 2.05) is 0 Å². The fraction of sp³-hybridized carbons (Fsp3) is 0.364. The molecule has 2 atom stereocenters. The molecule has 0 heterocycles. The first-order valence-electron chi connectivity index (χ1n) is 5.06. The number of carboxylic acids is 1. The maximum absolute atomic E-state index is 12.2. The van der Waals surface area contributed by atoms with Crippen LogP contribution in [0.5, 0.6) is 0 Å². The Morgan fingerprint density at radius 1 is 1.35 bits per heavy atom. The van der Waals surface area contributed by atoms with Crippen LogP contribution < -0.4 is 5.73 Å². The van der Waals surface area contributed by atoms with E-state index >= 15 is 0 Å². The number of aliphatic carboxylic acids is 1. The van der Waals surface area contributed by atoms with Gasteiger partial charge in [0, 0.05) is 6.04 Å². The molecule has 2 unspecified atom stereocenters. The monoisotopic (exact) mass is 257 g/mol. The number of hydrogen-bond acceptors (Lipinski definition) is 4. The normalized spacial score (nSPS) is 15.2. The van der Waals surface area contributed by atoms with E-state index in [4.69, 9.17) is 10.8 Å². The van der Waals surface area contributed by atoms with Crippen molar-refractivity contribution < 1.29 is 18.3 Å². The molecule has 5 nitrogen and oxygen atoms in total. The summed E-state index contributed by atoms with van der Waals surface area (Å²) in [7, 11) is -3.95. The fourth-order valence-electron chi connectivity index (χ4n) is 1.65. The Morgan fingerprint density at radius 2 is 1.88 bits per heavy atom. The summed E-state index contributed by atoms with van der Waals surface area (Å²) in [6, 6.07) is 5.28. The average molecular weight is 257 g/mol. The molecule has 0 fully saturated rings. The van der Waals surface area contributed by atoms with Crippen molar-refractivity contribution in [3.63, 3.8) is 0 Å². The Morgan fingerprint density at radius 3 is 2.29 bits per heavy atom. The molecular weight excluding hydrogens is 242 g/mol. The Bertz CT molecular complexity index is 522. The first kappa shape index (κ1) is 13.7. The third kappa shape index (κ3) is 2.65. The van der Waals surface area contributed by atoms with Gasteiger partial charge in [-0.1, -0.05) is 18.2 Å². The highest BCUT2D eigenvalue weighted by molar-refractivity contribution is 7.93. The number of nitrogens with two attached hydrogens (primary N) is 1. The molecule has 1 rings (SSSR count). The molecule has 0 saturated heterocycles. The maximum atomic E-state index is 12.2. The molecule has 0 aliphatic carbocycles. The van der Waals surface area contributed by atoms with Crippen molar-refractivity contribution in [1.29, 1.82) is 0 Å². The third-order valence-electron chi connectivity index (χ3n) is 2.46. The van der Waals surface area contributed by atoms with E-state index in [1.54, 1.807) is 25.1 Å². The molecule has 0 aromatic heterocycles. The van der Waals surface area contributed by atoms with Crippen LogP contribution in [0.1, 0.15) is 12.5 Å². The molecule has 0 radical (unpaired) electrons. The number of hydrogen-bond donors (Lipinski definition) is 2. The van der Waals surface area contributed by atoms with Gasteiger partial charge < -0.3 is 10.8 Å². The molecule has 1 aromatic carbocycles. The fourth-order valence-corrected chi connectivity index (χ4v) is 3.54. The summed E-state index contributed by atoms with van der Waals surface area (Å²) in [5, 5.41) is 7.35. The van der Waals surface area contributed by atoms with E-state index < -0.39 is 27.1 Å². The first-order valence-corrected chi connectivity index (χ1v) is 6.61. The van der Waals surface area contributed by atoms with Crippen LogP contribution in [0.15, 0.2) is 29.2 Å². The predicted molar refractivity (Wildman–Crippen MR) is 63.4 cm³/mol.